The standard InChI is InChI=1S/C19H27N3O2/c1-3-15-6-4-5-7-17(15)20-18(23)13-21-8-10-22(11-9-21)19(24)16-12-14(16)2/h4-7,14,16H,3,8-13H2,1-2H3,(H,20,23)/p+1/t14-,16+/m1/s1. The van der Waals surface area contributed by atoms with Crippen molar-refractivity contribution in [2.75, 3.05) is 38.0 Å². The number of para-hydroxylation sites is 1. The van der Waals surface area contributed by atoms with E-state index in [1.807, 2.05) is 29.2 Å². The van der Waals surface area contributed by atoms with Gasteiger partial charge in [0.25, 0.3) is 5.91 Å². The van der Waals surface area contributed by atoms with Gasteiger partial charge in [0.05, 0.1) is 26.2 Å². The molecule has 2 N–H and O–H groups in total. The molecule has 1 heterocycles. The molecule has 2 aliphatic rings. The number of anilines is 1. The van der Waals surface area contributed by atoms with Gasteiger partial charge in [-0.2, -0.15) is 0 Å². The maximum atomic E-state index is 12.3. The van der Waals surface area contributed by atoms with Gasteiger partial charge in [0.1, 0.15) is 0 Å². The third-order valence-corrected chi connectivity index (χ3v) is 5.29. The second-order valence-corrected chi connectivity index (χ2v) is 7.13. The Hall–Kier alpha value is -1.88. The van der Waals surface area contributed by atoms with Crippen molar-refractivity contribution in [1.82, 2.24) is 4.90 Å². The first-order valence-electron chi connectivity index (χ1n) is 9.08. The Kier molecular flexibility index (Phi) is 5.19. The van der Waals surface area contributed by atoms with Crippen LogP contribution >= 0.6 is 0 Å². The Morgan fingerprint density at radius 1 is 1.25 bits per heavy atom. The van der Waals surface area contributed by atoms with Gasteiger partial charge >= 0.3 is 0 Å². The predicted octanol–water partition coefficient (Wildman–Crippen LogP) is 0.571. The maximum Gasteiger partial charge on any atom is 0.279 e. The summed E-state index contributed by atoms with van der Waals surface area (Å²) >= 11 is 0. The number of piperazine rings is 1. The van der Waals surface area contributed by atoms with Crippen molar-refractivity contribution in [2.24, 2.45) is 11.8 Å². The smallest absolute Gasteiger partial charge is 0.279 e. The summed E-state index contributed by atoms with van der Waals surface area (Å²) in [6.07, 6.45) is 1.95. The molecule has 24 heavy (non-hydrogen) atoms. The average Bonchev–Trinajstić information content (AvgIpc) is 3.32. The molecule has 2 fully saturated rings. The number of amides is 2. The molecule has 1 saturated heterocycles. The van der Waals surface area contributed by atoms with Gasteiger partial charge in [0.2, 0.25) is 5.91 Å². The van der Waals surface area contributed by atoms with Gasteiger partial charge in [-0.1, -0.05) is 32.0 Å². The topological polar surface area (TPSA) is 53.9 Å². The van der Waals surface area contributed by atoms with Gasteiger partial charge in [0.15, 0.2) is 6.54 Å². The van der Waals surface area contributed by atoms with E-state index < -0.39 is 0 Å². The number of aryl methyl sites for hydroxylation is 1. The first-order valence-corrected chi connectivity index (χ1v) is 9.08. The third-order valence-electron chi connectivity index (χ3n) is 5.29. The monoisotopic (exact) mass is 330 g/mol. The molecular formula is C19H28N3O2+. The van der Waals surface area contributed by atoms with Crippen LogP contribution in [0.5, 0.6) is 0 Å². The number of carbonyl (C=O) groups excluding carboxylic acids is 2. The molecule has 5 heteroatoms. The van der Waals surface area contributed by atoms with Crippen molar-refractivity contribution >= 4 is 17.5 Å². The van der Waals surface area contributed by atoms with E-state index in [1.165, 1.54) is 4.90 Å². The molecule has 1 aliphatic heterocycles. The van der Waals surface area contributed by atoms with Crippen LogP contribution in [0.4, 0.5) is 5.69 Å². The number of quaternary nitrogens is 1. The second kappa shape index (κ2) is 7.34. The van der Waals surface area contributed by atoms with E-state index in [4.69, 9.17) is 0 Å². The molecule has 3 rings (SSSR count). The lowest BCUT2D eigenvalue weighted by Crippen LogP contribution is -3.15. The first kappa shape index (κ1) is 17.0. The molecule has 130 valence electrons. The van der Waals surface area contributed by atoms with E-state index in [1.54, 1.807) is 0 Å². The van der Waals surface area contributed by atoms with Crippen LogP contribution in [0.15, 0.2) is 24.3 Å². The van der Waals surface area contributed by atoms with Crippen LogP contribution in [-0.4, -0.2) is 49.4 Å². The lowest BCUT2D eigenvalue weighted by atomic mass is 10.1. The summed E-state index contributed by atoms with van der Waals surface area (Å²) in [5.41, 5.74) is 2.08. The van der Waals surface area contributed by atoms with Crippen molar-refractivity contribution in [2.45, 2.75) is 26.7 Å². The van der Waals surface area contributed by atoms with Crippen molar-refractivity contribution in [3.63, 3.8) is 0 Å². The van der Waals surface area contributed by atoms with Gasteiger partial charge in [0, 0.05) is 11.6 Å². The van der Waals surface area contributed by atoms with Gasteiger partial charge < -0.3 is 15.1 Å². The Balaban J connectivity index is 1.45. The van der Waals surface area contributed by atoms with Crippen LogP contribution in [0.1, 0.15) is 25.8 Å². The fraction of sp³-hybridized carbons (Fsp3) is 0.579. The van der Waals surface area contributed by atoms with E-state index in [0.717, 1.165) is 50.3 Å². The molecule has 1 aliphatic carbocycles. The van der Waals surface area contributed by atoms with Gasteiger partial charge in [-0.25, -0.2) is 0 Å². The fourth-order valence-corrected chi connectivity index (χ4v) is 3.49. The number of carbonyl (C=O) groups is 2. The molecule has 1 aromatic rings. The summed E-state index contributed by atoms with van der Waals surface area (Å²) in [6.45, 7) is 7.97. The minimum Gasteiger partial charge on any atom is -0.331 e. The molecule has 5 nitrogen and oxygen atoms in total. The molecule has 2 atom stereocenters. The zero-order chi connectivity index (χ0) is 17.1. The van der Waals surface area contributed by atoms with Gasteiger partial charge in [-0.3, -0.25) is 9.59 Å². The summed E-state index contributed by atoms with van der Waals surface area (Å²) < 4.78 is 0. The molecule has 0 unspecified atom stereocenters. The summed E-state index contributed by atoms with van der Waals surface area (Å²) in [6, 6.07) is 7.95. The van der Waals surface area contributed by atoms with Gasteiger partial charge in [-0.15, -0.1) is 0 Å². The van der Waals surface area contributed by atoms with Crippen LogP contribution in [-0.2, 0) is 16.0 Å². The van der Waals surface area contributed by atoms with Gasteiger partial charge in [-0.05, 0) is 30.4 Å². The normalized spacial score (nSPS) is 23.8. The Labute approximate surface area is 144 Å². The zero-order valence-corrected chi connectivity index (χ0v) is 14.7. The molecule has 0 aromatic heterocycles. The maximum absolute atomic E-state index is 12.3. The van der Waals surface area contributed by atoms with Crippen LogP contribution in [0.3, 0.4) is 0 Å². The zero-order valence-electron chi connectivity index (χ0n) is 14.7. The third kappa shape index (κ3) is 3.96. The fourth-order valence-electron chi connectivity index (χ4n) is 3.49. The summed E-state index contributed by atoms with van der Waals surface area (Å²) in [5.74, 6) is 1.21. The van der Waals surface area contributed by atoms with E-state index in [-0.39, 0.29) is 11.8 Å². The number of nitrogens with zero attached hydrogens (tertiary/aromatic N) is 1. The first-order chi connectivity index (χ1) is 11.6. The number of benzene rings is 1. The lowest BCUT2D eigenvalue weighted by molar-refractivity contribution is -0.895. The van der Waals surface area contributed by atoms with E-state index in [2.05, 4.69) is 19.2 Å². The van der Waals surface area contributed by atoms with E-state index in [0.29, 0.717) is 18.4 Å². The highest BCUT2D eigenvalue weighted by molar-refractivity contribution is 5.92. The predicted molar refractivity (Wildman–Crippen MR) is 93.9 cm³/mol. The Morgan fingerprint density at radius 3 is 2.54 bits per heavy atom. The Bertz CT molecular complexity index is 608. The van der Waals surface area contributed by atoms with Crippen LogP contribution in [0.25, 0.3) is 0 Å². The second-order valence-electron chi connectivity index (χ2n) is 7.13. The minimum absolute atomic E-state index is 0.0569. The van der Waals surface area contributed by atoms with Crippen molar-refractivity contribution in [1.29, 1.82) is 0 Å². The highest BCUT2D eigenvalue weighted by Gasteiger charge is 2.42. The molecule has 0 spiro atoms. The summed E-state index contributed by atoms with van der Waals surface area (Å²) in [4.78, 5) is 27.8. The average molecular weight is 330 g/mol. The minimum atomic E-state index is 0.0569. The lowest BCUT2D eigenvalue weighted by Gasteiger charge is -2.32. The molecule has 0 radical (unpaired) electrons. The van der Waals surface area contributed by atoms with E-state index >= 15 is 0 Å². The number of hydrogen-bond acceptors (Lipinski definition) is 2. The summed E-state index contributed by atoms with van der Waals surface area (Å²) in [7, 11) is 0. The molecule has 1 saturated carbocycles. The van der Waals surface area contributed by atoms with Crippen LogP contribution in [0, 0.1) is 11.8 Å². The number of hydrogen-bond donors (Lipinski definition) is 2. The Morgan fingerprint density at radius 2 is 1.92 bits per heavy atom. The van der Waals surface area contributed by atoms with Crippen molar-refractivity contribution in [3.8, 4) is 0 Å². The van der Waals surface area contributed by atoms with E-state index in [9.17, 15) is 9.59 Å². The number of rotatable bonds is 5. The number of nitrogens with one attached hydrogen (secondary N) is 2. The molecule has 0 bridgehead atoms. The van der Waals surface area contributed by atoms with Crippen LogP contribution < -0.4 is 10.2 Å². The highest BCUT2D eigenvalue weighted by Crippen LogP contribution is 2.39. The summed E-state index contributed by atoms with van der Waals surface area (Å²) in [5, 5.41) is 3.04. The largest absolute Gasteiger partial charge is 0.331 e. The molecular weight excluding hydrogens is 302 g/mol. The van der Waals surface area contributed by atoms with Crippen molar-refractivity contribution < 1.29 is 14.5 Å². The molecule has 1 aromatic carbocycles. The van der Waals surface area contributed by atoms with Crippen molar-refractivity contribution in [3.05, 3.63) is 29.8 Å². The quantitative estimate of drug-likeness (QED) is 0.829. The highest BCUT2D eigenvalue weighted by atomic mass is 16.2. The SMILES string of the molecule is CCc1ccccc1NC(=O)C[NH+]1CCN(C(=O)[C@H]2C[C@H]2C)CC1. The molecule has 2 amide bonds. The van der Waals surface area contributed by atoms with Crippen LogP contribution in [0.2, 0.25) is 0 Å².